The van der Waals surface area contributed by atoms with Crippen molar-refractivity contribution in [3.8, 4) is 0 Å². The van der Waals surface area contributed by atoms with Crippen LogP contribution in [0.2, 0.25) is 0 Å². The molecule has 0 bridgehead atoms. The first-order chi connectivity index (χ1) is 5.16. The SMILES string of the molecule is CC(C)OCCNC(=O)CO. The van der Waals surface area contributed by atoms with E-state index in [1.165, 1.54) is 0 Å². The van der Waals surface area contributed by atoms with Crippen LogP contribution in [-0.4, -0.2) is 36.9 Å². The van der Waals surface area contributed by atoms with E-state index in [4.69, 9.17) is 9.84 Å². The summed E-state index contributed by atoms with van der Waals surface area (Å²) in [6.45, 7) is 4.34. The molecule has 0 saturated carbocycles. The molecule has 0 aromatic rings. The molecule has 66 valence electrons. The van der Waals surface area contributed by atoms with E-state index in [9.17, 15) is 4.79 Å². The predicted molar refractivity (Wildman–Crippen MR) is 41.2 cm³/mol. The zero-order valence-electron chi connectivity index (χ0n) is 6.96. The van der Waals surface area contributed by atoms with E-state index >= 15 is 0 Å². The minimum atomic E-state index is -0.457. The molecule has 0 atom stereocenters. The Morgan fingerprint density at radius 3 is 2.73 bits per heavy atom. The van der Waals surface area contributed by atoms with Gasteiger partial charge < -0.3 is 15.2 Å². The van der Waals surface area contributed by atoms with Crippen LogP contribution < -0.4 is 5.32 Å². The fourth-order valence-electron chi connectivity index (χ4n) is 0.541. The molecule has 2 N–H and O–H groups in total. The fourth-order valence-corrected chi connectivity index (χ4v) is 0.541. The molecule has 0 radical (unpaired) electrons. The number of ether oxygens (including phenoxy) is 1. The van der Waals surface area contributed by atoms with E-state index in [0.29, 0.717) is 13.2 Å². The smallest absolute Gasteiger partial charge is 0.245 e. The summed E-state index contributed by atoms with van der Waals surface area (Å²) in [7, 11) is 0. The summed E-state index contributed by atoms with van der Waals surface area (Å²) >= 11 is 0. The molecule has 0 heterocycles. The van der Waals surface area contributed by atoms with Crippen LogP contribution in [0.25, 0.3) is 0 Å². The maximum Gasteiger partial charge on any atom is 0.245 e. The maximum atomic E-state index is 10.4. The molecule has 0 aliphatic rings. The van der Waals surface area contributed by atoms with Gasteiger partial charge in [0.15, 0.2) is 0 Å². The van der Waals surface area contributed by atoms with Crippen LogP contribution in [0.15, 0.2) is 0 Å². The van der Waals surface area contributed by atoms with Gasteiger partial charge in [-0.3, -0.25) is 4.79 Å². The van der Waals surface area contributed by atoms with Gasteiger partial charge in [0.25, 0.3) is 0 Å². The largest absolute Gasteiger partial charge is 0.387 e. The number of rotatable bonds is 5. The molecule has 4 nitrogen and oxygen atoms in total. The van der Waals surface area contributed by atoms with Crippen molar-refractivity contribution >= 4 is 5.91 Å². The summed E-state index contributed by atoms with van der Waals surface area (Å²) in [5, 5.41) is 10.8. The van der Waals surface area contributed by atoms with Crippen LogP contribution in [0.3, 0.4) is 0 Å². The lowest BCUT2D eigenvalue weighted by atomic mass is 10.5. The molecule has 0 aliphatic carbocycles. The van der Waals surface area contributed by atoms with Gasteiger partial charge in [0, 0.05) is 6.54 Å². The number of hydrogen-bond acceptors (Lipinski definition) is 3. The van der Waals surface area contributed by atoms with E-state index in [-0.39, 0.29) is 12.0 Å². The maximum absolute atomic E-state index is 10.4. The molecule has 0 aliphatic heterocycles. The molecule has 0 rings (SSSR count). The summed E-state index contributed by atoms with van der Waals surface area (Å²) in [5.74, 6) is -0.364. The third-order valence-corrected chi connectivity index (χ3v) is 1.02. The molecule has 0 spiro atoms. The monoisotopic (exact) mass is 161 g/mol. The average molecular weight is 161 g/mol. The van der Waals surface area contributed by atoms with E-state index < -0.39 is 6.61 Å². The van der Waals surface area contributed by atoms with E-state index in [1.807, 2.05) is 13.8 Å². The zero-order valence-corrected chi connectivity index (χ0v) is 6.96. The van der Waals surface area contributed by atoms with Crippen molar-refractivity contribution in [2.24, 2.45) is 0 Å². The Balaban J connectivity index is 3.08. The van der Waals surface area contributed by atoms with E-state index in [2.05, 4.69) is 5.32 Å². The number of carbonyl (C=O) groups excluding carboxylic acids is 1. The van der Waals surface area contributed by atoms with Crippen LogP contribution in [0, 0.1) is 0 Å². The topological polar surface area (TPSA) is 58.6 Å². The zero-order chi connectivity index (χ0) is 8.69. The summed E-state index contributed by atoms with van der Waals surface area (Å²) < 4.78 is 5.14. The predicted octanol–water partition coefficient (Wildman–Crippen LogP) is -0.480. The van der Waals surface area contributed by atoms with Gasteiger partial charge in [-0.05, 0) is 13.8 Å². The normalized spacial score (nSPS) is 10.2. The van der Waals surface area contributed by atoms with Crippen molar-refractivity contribution in [1.82, 2.24) is 5.32 Å². The first-order valence-electron chi connectivity index (χ1n) is 3.66. The highest BCUT2D eigenvalue weighted by Crippen LogP contribution is 1.84. The third-order valence-electron chi connectivity index (χ3n) is 1.02. The second-order valence-electron chi connectivity index (χ2n) is 2.43. The molecule has 0 aromatic heterocycles. The van der Waals surface area contributed by atoms with Crippen molar-refractivity contribution < 1.29 is 14.6 Å². The Kier molecular flexibility index (Phi) is 5.78. The highest BCUT2D eigenvalue weighted by molar-refractivity contribution is 5.76. The van der Waals surface area contributed by atoms with Crippen LogP contribution in [0.4, 0.5) is 0 Å². The summed E-state index contributed by atoms with van der Waals surface area (Å²) in [4.78, 5) is 10.4. The van der Waals surface area contributed by atoms with Crippen LogP contribution in [0.5, 0.6) is 0 Å². The third kappa shape index (κ3) is 7.29. The minimum Gasteiger partial charge on any atom is -0.387 e. The number of aliphatic hydroxyl groups is 1. The molecule has 4 heteroatoms. The van der Waals surface area contributed by atoms with Crippen molar-refractivity contribution in [1.29, 1.82) is 0 Å². The number of hydrogen-bond donors (Lipinski definition) is 2. The second kappa shape index (κ2) is 6.12. The summed E-state index contributed by atoms with van der Waals surface area (Å²) in [5.41, 5.74) is 0. The Morgan fingerprint density at radius 2 is 2.27 bits per heavy atom. The first-order valence-corrected chi connectivity index (χ1v) is 3.66. The molecular weight excluding hydrogens is 146 g/mol. The molecule has 11 heavy (non-hydrogen) atoms. The Hall–Kier alpha value is -0.610. The standard InChI is InChI=1S/C7H15NO3/c1-6(2)11-4-3-8-7(10)5-9/h6,9H,3-5H2,1-2H3,(H,8,10). The molecule has 1 amide bonds. The number of aliphatic hydroxyl groups excluding tert-OH is 1. The van der Waals surface area contributed by atoms with Crippen molar-refractivity contribution in [2.75, 3.05) is 19.8 Å². The number of nitrogens with one attached hydrogen (secondary N) is 1. The highest BCUT2D eigenvalue weighted by Gasteiger charge is 1.96. The molecular formula is C7H15NO3. The van der Waals surface area contributed by atoms with Gasteiger partial charge in [0.2, 0.25) is 5.91 Å². The second-order valence-corrected chi connectivity index (χ2v) is 2.43. The first kappa shape index (κ1) is 10.4. The van der Waals surface area contributed by atoms with E-state index in [0.717, 1.165) is 0 Å². The highest BCUT2D eigenvalue weighted by atomic mass is 16.5. The Morgan fingerprint density at radius 1 is 1.64 bits per heavy atom. The van der Waals surface area contributed by atoms with Gasteiger partial charge in [0.05, 0.1) is 12.7 Å². The quantitative estimate of drug-likeness (QED) is 0.535. The van der Waals surface area contributed by atoms with Gasteiger partial charge in [-0.1, -0.05) is 0 Å². The van der Waals surface area contributed by atoms with Gasteiger partial charge in [-0.25, -0.2) is 0 Å². The number of carbonyl (C=O) groups is 1. The lowest BCUT2D eigenvalue weighted by Gasteiger charge is -2.07. The lowest BCUT2D eigenvalue weighted by molar-refractivity contribution is -0.124. The average Bonchev–Trinajstić information content (AvgIpc) is 1.97. The Bertz CT molecular complexity index is 114. The van der Waals surface area contributed by atoms with Crippen molar-refractivity contribution in [3.63, 3.8) is 0 Å². The molecule has 0 aromatic carbocycles. The van der Waals surface area contributed by atoms with E-state index in [1.54, 1.807) is 0 Å². The van der Waals surface area contributed by atoms with Gasteiger partial charge >= 0.3 is 0 Å². The molecule has 0 saturated heterocycles. The lowest BCUT2D eigenvalue weighted by Crippen LogP contribution is -2.30. The Labute approximate surface area is 66.5 Å². The summed E-state index contributed by atoms with van der Waals surface area (Å²) in [6.07, 6.45) is 0.182. The van der Waals surface area contributed by atoms with Crippen LogP contribution in [0.1, 0.15) is 13.8 Å². The van der Waals surface area contributed by atoms with Crippen molar-refractivity contribution in [2.45, 2.75) is 20.0 Å². The number of amides is 1. The van der Waals surface area contributed by atoms with Gasteiger partial charge in [-0.2, -0.15) is 0 Å². The molecule has 0 fully saturated rings. The van der Waals surface area contributed by atoms with Gasteiger partial charge in [0.1, 0.15) is 6.61 Å². The van der Waals surface area contributed by atoms with Gasteiger partial charge in [-0.15, -0.1) is 0 Å². The fraction of sp³-hybridized carbons (Fsp3) is 0.857. The minimum absolute atomic E-state index is 0.182. The molecule has 0 unspecified atom stereocenters. The van der Waals surface area contributed by atoms with Crippen molar-refractivity contribution in [3.05, 3.63) is 0 Å². The van der Waals surface area contributed by atoms with Crippen LogP contribution >= 0.6 is 0 Å². The van der Waals surface area contributed by atoms with Crippen LogP contribution in [-0.2, 0) is 9.53 Å². The summed E-state index contributed by atoms with van der Waals surface area (Å²) in [6, 6.07) is 0.